The molecule has 4 atom stereocenters. The van der Waals surface area contributed by atoms with Crippen LogP contribution >= 0.6 is 0 Å². The van der Waals surface area contributed by atoms with E-state index in [0.29, 0.717) is 23.4 Å². The highest BCUT2D eigenvalue weighted by Crippen LogP contribution is 2.53. The average Bonchev–Trinajstić information content (AvgIpc) is 3.59. The van der Waals surface area contributed by atoms with Crippen LogP contribution in [-0.4, -0.2) is 86.5 Å². The Morgan fingerprint density at radius 2 is 1.83 bits per heavy atom. The van der Waals surface area contributed by atoms with Gasteiger partial charge in [-0.3, -0.25) is 24.2 Å². The molecule has 4 aliphatic rings. The van der Waals surface area contributed by atoms with Crippen LogP contribution in [0.2, 0.25) is 0 Å². The quantitative estimate of drug-likeness (QED) is 0.338. The van der Waals surface area contributed by atoms with E-state index in [4.69, 9.17) is 10.2 Å². The van der Waals surface area contributed by atoms with Gasteiger partial charge in [0.25, 0.3) is 5.91 Å². The number of fused-ring (bicyclic) bond motifs is 3. The Bertz CT molecular complexity index is 1550. The second kappa shape index (κ2) is 9.57. The molecule has 0 bridgehead atoms. The zero-order valence-electron chi connectivity index (χ0n) is 22.9. The van der Waals surface area contributed by atoms with Gasteiger partial charge >= 0.3 is 0 Å². The molecule has 11 nitrogen and oxygen atoms in total. The Morgan fingerprint density at radius 3 is 2.49 bits per heavy atom. The fourth-order valence-electron chi connectivity index (χ4n) is 7.25. The highest BCUT2D eigenvalue weighted by Gasteiger charge is 2.63. The minimum absolute atomic E-state index is 0.0270. The lowest BCUT2D eigenvalue weighted by Gasteiger charge is -2.50. The van der Waals surface area contributed by atoms with Crippen LogP contribution in [0.4, 0.5) is 0 Å². The Hall–Kier alpha value is -3.93. The first-order chi connectivity index (χ1) is 19.4. The van der Waals surface area contributed by atoms with Gasteiger partial charge < -0.3 is 30.6 Å². The van der Waals surface area contributed by atoms with E-state index < -0.39 is 58.0 Å². The number of phenolic OH excluding ortho intramolecular Hbond substituents is 1. The number of ketones is 2. The van der Waals surface area contributed by atoms with Gasteiger partial charge in [0.2, 0.25) is 5.78 Å². The highest BCUT2D eigenvalue weighted by molar-refractivity contribution is 6.24. The molecule has 6 rings (SSSR count). The molecule has 2 aromatic rings. The number of carbonyl (C=O) groups excluding carboxylic acids is 3. The number of aromatic hydroxyl groups is 1. The third kappa shape index (κ3) is 3.94. The number of likely N-dealkylation sites (N-methyl/N-ethyl adjacent to an activating group) is 1. The number of hydrogen-bond donors (Lipinski definition) is 5. The van der Waals surface area contributed by atoms with Crippen LogP contribution < -0.4 is 5.73 Å². The van der Waals surface area contributed by atoms with E-state index in [2.05, 4.69) is 4.90 Å². The third-order valence-corrected chi connectivity index (χ3v) is 9.11. The molecule has 0 saturated carbocycles. The summed E-state index contributed by atoms with van der Waals surface area (Å²) in [6, 6.07) is 5.76. The van der Waals surface area contributed by atoms with Crippen LogP contribution in [0.5, 0.6) is 5.75 Å². The molecule has 11 heteroatoms. The zero-order chi connectivity index (χ0) is 29.4. The molecule has 6 N–H and O–H groups in total. The molecule has 2 heterocycles. The van der Waals surface area contributed by atoms with Crippen molar-refractivity contribution in [3.05, 3.63) is 63.8 Å². The first kappa shape index (κ1) is 27.3. The van der Waals surface area contributed by atoms with Gasteiger partial charge in [0, 0.05) is 17.1 Å². The van der Waals surface area contributed by atoms with E-state index in [-0.39, 0.29) is 29.7 Å². The number of phenols is 1. The molecule has 1 amide bonds. The number of likely N-dealkylation sites (tertiary alicyclic amines) is 1. The zero-order valence-corrected chi connectivity index (χ0v) is 22.9. The lowest BCUT2D eigenvalue weighted by atomic mass is 9.58. The predicted molar refractivity (Wildman–Crippen MR) is 146 cm³/mol. The monoisotopic (exact) mass is 563 g/mol. The van der Waals surface area contributed by atoms with Crippen molar-refractivity contribution in [2.45, 2.75) is 43.9 Å². The predicted octanol–water partition coefficient (Wildman–Crippen LogP) is 1.98. The topological polar surface area (TPSA) is 178 Å². The highest BCUT2D eigenvalue weighted by atomic mass is 16.4. The summed E-state index contributed by atoms with van der Waals surface area (Å²) >= 11 is 0. The number of aliphatic hydroxyl groups excluding tert-OH is 2. The lowest BCUT2D eigenvalue weighted by Crippen LogP contribution is -2.63. The van der Waals surface area contributed by atoms with Crippen molar-refractivity contribution in [3.63, 3.8) is 0 Å². The molecule has 216 valence electrons. The van der Waals surface area contributed by atoms with Crippen molar-refractivity contribution in [2.75, 3.05) is 27.2 Å². The molecule has 1 aromatic heterocycles. The molecule has 0 spiro atoms. The average molecular weight is 564 g/mol. The maximum atomic E-state index is 13.9. The lowest BCUT2D eigenvalue weighted by molar-refractivity contribution is -0.148. The molecular weight excluding hydrogens is 530 g/mol. The summed E-state index contributed by atoms with van der Waals surface area (Å²) in [6.45, 7) is 2.69. The van der Waals surface area contributed by atoms with E-state index in [1.807, 2.05) is 12.1 Å². The Morgan fingerprint density at radius 1 is 1.12 bits per heavy atom. The smallest absolute Gasteiger partial charge is 0.255 e. The molecule has 1 fully saturated rings. The number of nitrogens with zero attached hydrogens (tertiary/aromatic N) is 2. The van der Waals surface area contributed by atoms with Crippen molar-refractivity contribution in [3.8, 4) is 17.1 Å². The molecule has 0 radical (unpaired) electrons. The minimum Gasteiger partial charge on any atom is -0.510 e. The molecule has 0 unspecified atom stereocenters. The van der Waals surface area contributed by atoms with Gasteiger partial charge in [-0.25, -0.2) is 0 Å². The fraction of sp³-hybridized carbons (Fsp3) is 0.433. The van der Waals surface area contributed by atoms with Crippen molar-refractivity contribution < 1.29 is 39.2 Å². The van der Waals surface area contributed by atoms with Crippen molar-refractivity contribution in [1.82, 2.24) is 9.80 Å². The summed E-state index contributed by atoms with van der Waals surface area (Å²) < 4.78 is 6.17. The number of rotatable bonds is 5. The van der Waals surface area contributed by atoms with Crippen LogP contribution in [0, 0.1) is 11.8 Å². The number of carbonyl (C=O) groups is 3. The van der Waals surface area contributed by atoms with Gasteiger partial charge in [-0.15, -0.1) is 0 Å². The van der Waals surface area contributed by atoms with E-state index in [1.165, 1.54) is 11.0 Å². The number of allylic oxidation sites excluding steroid dienone is 1. The maximum Gasteiger partial charge on any atom is 0.255 e. The number of nitrogens with two attached hydrogens (primary N) is 1. The molecule has 1 aliphatic heterocycles. The Balaban J connectivity index is 1.45. The van der Waals surface area contributed by atoms with Gasteiger partial charge in [0.15, 0.2) is 11.4 Å². The maximum absolute atomic E-state index is 13.9. The van der Waals surface area contributed by atoms with E-state index in [0.717, 1.165) is 31.7 Å². The van der Waals surface area contributed by atoms with Gasteiger partial charge in [0.05, 0.1) is 18.2 Å². The summed E-state index contributed by atoms with van der Waals surface area (Å²) in [7, 11) is 3.19. The standard InChI is InChI=1S/C30H33N3O8/c1-32(2)24-18-12-14-11-17-16(20-8-5-15(41-20)13-33-9-3-4-10-33)6-7-19(34)22(17)25(35)21(14)27(37)30(18,40)28(38)23(26(24)36)29(31)39/h5-8,14,18,24,34,36-37,40H,3-4,9-13H2,1-2H3,(H2,31,39)/t14-,18-,24-,30-/m1/s1. The number of furan rings is 1. The molecular formula is C30H33N3O8. The van der Waals surface area contributed by atoms with E-state index >= 15 is 0 Å². The van der Waals surface area contributed by atoms with Gasteiger partial charge in [0.1, 0.15) is 34.4 Å². The van der Waals surface area contributed by atoms with Crippen molar-refractivity contribution in [2.24, 2.45) is 17.6 Å². The first-order valence-electron chi connectivity index (χ1n) is 13.8. The number of aliphatic hydroxyl groups is 3. The second-order valence-electron chi connectivity index (χ2n) is 11.7. The summed E-state index contributed by atoms with van der Waals surface area (Å²) in [5.74, 6) is -5.42. The van der Waals surface area contributed by atoms with Crippen LogP contribution in [0.1, 0.15) is 40.9 Å². The Labute approximate surface area is 236 Å². The number of amides is 1. The summed E-state index contributed by atoms with van der Waals surface area (Å²) in [5, 5.41) is 44.9. The number of benzene rings is 1. The summed E-state index contributed by atoms with van der Waals surface area (Å²) in [5.41, 5.74) is 2.82. The van der Waals surface area contributed by atoms with Crippen LogP contribution in [0.3, 0.4) is 0 Å². The number of hydrogen-bond acceptors (Lipinski definition) is 10. The third-order valence-electron chi connectivity index (χ3n) is 9.11. The molecule has 3 aliphatic carbocycles. The molecule has 41 heavy (non-hydrogen) atoms. The van der Waals surface area contributed by atoms with Crippen LogP contribution in [0.25, 0.3) is 11.3 Å². The number of primary amides is 1. The second-order valence-corrected chi connectivity index (χ2v) is 11.7. The van der Waals surface area contributed by atoms with Gasteiger partial charge in [-0.05, 0) is 88.6 Å². The fourth-order valence-corrected chi connectivity index (χ4v) is 7.25. The van der Waals surface area contributed by atoms with Gasteiger partial charge in [-0.2, -0.15) is 0 Å². The largest absolute Gasteiger partial charge is 0.510 e. The van der Waals surface area contributed by atoms with Crippen LogP contribution in [-0.2, 0) is 22.6 Å². The summed E-state index contributed by atoms with van der Waals surface area (Å²) in [4.78, 5) is 43.3. The van der Waals surface area contributed by atoms with E-state index in [1.54, 1.807) is 20.2 Å². The normalized spacial score (nSPS) is 28.2. The van der Waals surface area contributed by atoms with Crippen molar-refractivity contribution in [1.29, 1.82) is 0 Å². The van der Waals surface area contributed by atoms with Crippen molar-refractivity contribution >= 4 is 17.5 Å². The number of Topliss-reactive ketones (excluding diaryl/α,β-unsaturated/α-hetero) is 2. The first-order valence-corrected chi connectivity index (χ1v) is 13.8. The van der Waals surface area contributed by atoms with Crippen LogP contribution in [0.15, 0.2) is 51.3 Å². The van der Waals surface area contributed by atoms with E-state index in [9.17, 15) is 34.8 Å². The molecule has 1 aromatic carbocycles. The minimum atomic E-state index is -2.66. The molecule has 1 saturated heterocycles. The SMILES string of the molecule is CN(C)[C@H]1C(O)=C(C(N)=O)C(=O)[C@]2(O)C(O)=C3C(=O)c4c(O)ccc(-c5ccc(CN6CCCC6)o5)c4C[C@@H]3C[C@H]12. The Kier molecular flexibility index (Phi) is 6.36. The van der Waals surface area contributed by atoms with Gasteiger partial charge in [-0.1, -0.05) is 0 Å². The summed E-state index contributed by atoms with van der Waals surface area (Å²) in [6.07, 6.45) is 2.53.